The Morgan fingerprint density at radius 3 is 2.39 bits per heavy atom. The van der Waals surface area contributed by atoms with Gasteiger partial charge in [0, 0.05) is 0 Å². The van der Waals surface area contributed by atoms with Gasteiger partial charge in [-0.25, -0.2) is 0 Å². The van der Waals surface area contributed by atoms with Crippen molar-refractivity contribution in [1.82, 2.24) is 5.32 Å². The van der Waals surface area contributed by atoms with Gasteiger partial charge in [0.2, 0.25) is 5.91 Å². The predicted octanol–water partition coefficient (Wildman–Crippen LogP) is 1.78. The first-order valence-electron chi connectivity index (χ1n) is 6.84. The molecule has 1 aromatic carbocycles. The van der Waals surface area contributed by atoms with E-state index in [-0.39, 0.29) is 5.91 Å². The van der Waals surface area contributed by atoms with Crippen LogP contribution in [0.3, 0.4) is 0 Å². The van der Waals surface area contributed by atoms with Crippen LogP contribution in [0.5, 0.6) is 0 Å². The van der Waals surface area contributed by atoms with Crippen molar-refractivity contribution in [2.45, 2.75) is 31.2 Å². The van der Waals surface area contributed by atoms with E-state index in [2.05, 4.69) is 5.32 Å². The average Bonchev–Trinajstić information content (AvgIpc) is 3.25. The van der Waals surface area contributed by atoms with Gasteiger partial charge < -0.3 is 5.73 Å². The molecule has 0 radical (unpaired) electrons. The fourth-order valence-electron chi connectivity index (χ4n) is 2.76. The van der Waals surface area contributed by atoms with E-state index in [1.807, 2.05) is 30.3 Å². The van der Waals surface area contributed by atoms with E-state index in [1.54, 1.807) is 0 Å². The SMILES string of the molecule is NC(=O)C(NCC1CC1)(c1ccccc1)C1CC1. The van der Waals surface area contributed by atoms with Crippen molar-refractivity contribution in [1.29, 1.82) is 0 Å². The highest BCUT2D eigenvalue weighted by atomic mass is 16.1. The largest absolute Gasteiger partial charge is 0.368 e. The number of hydrogen-bond acceptors (Lipinski definition) is 2. The number of amides is 1. The van der Waals surface area contributed by atoms with Gasteiger partial charge in [-0.2, -0.15) is 0 Å². The Morgan fingerprint density at radius 1 is 1.22 bits per heavy atom. The molecule has 0 saturated heterocycles. The monoisotopic (exact) mass is 244 g/mol. The Bertz CT molecular complexity index is 437. The van der Waals surface area contributed by atoms with Gasteiger partial charge in [-0.15, -0.1) is 0 Å². The topological polar surface area (TPSA) is 55.1 Å². The van der Waals surface area contributed by atoms with Crippen molar-refractivity contribution in [2.75, 3.05) is 6.54 Å². The molecule has 0 spiro atoms. The average molecular weight is 244 g/mol. The molecule has 1 amide bonds. The van der Waals surface area contributed by atoms with Gasteiger partial charge in [0.05, 0.1) is 0 Å². The second-order valence-corrected chi connectivity index (χ2v) is 5.64. The van der Waals surface area contributed by atoms with Crippen LogP contribution < -0.4 is 11.1 Å². The van der Waals surface area contributed by atoms with Crippen molar-refractivity contribution >= 4 is 5.91 Å². The molecule has 0 bridgehead atoms. The molecule has 0 heterocycles. The Balaban J connectivity index is 1.91. The van der Waals surface area contributed by atoms with Crippen LogP contribution in [0.25, 0.3) is 0 Å². The van der Waals surface area contributed by atoms with Gasteiger partial charge in [-0.3, -0.25) is 10.1 Å². The number of carbonyl (C=O) groups is 1. The number of rotatable bonds is 6. The summed E-state index contributed by atoms with van der Waals surface area (Å²) in [4.78, 5) is 12.1. The molecule has 2 aliphatic carbocycles. The first-order valence-corrected chi connectivity index (χ1v) is 6.84. The van der Waals surface area contributed by atoms with Crippen molar-refractivity contribution in [3.8, 4) is 0 Å². The fourth-order valence-corrected chi connectivity index (χ4v) is 2.76. The minimum absolute atomic E-state index is 0.225. The normalized spacial score (nSPS) is 22.4. The van der Waals surface area contributed by atoms with E-state index in [1.165, 1.54) is 12.8 Å². The van der Waals surface area contributed by atoms with E-state index >= 15 is 0 Å². The summed E-state index contributed by atoms with van der Waals surface area (Å²) < 4.78 is 0. The predicted molar refractivity (Wildman–Crippen MR) is 70.8 cm³/mol. The third-order valence-electron chi connectivity index (χ3n) is 4.17. The molecule has 3 rings (SSSR count). The first-order chi connectivity index (χ1) is 8.73. The minimum Gasteiger partial charge on any atom is -0.368 e. The molecule has 3 nitrogen and oxygen atoms in total. The molecule has 0 aromatic heterocycles. The van der Waals surface area contributed by atoms with Gasteiger partial charge in [0.15, 0.2) is 0 Å². The summed E-state index contributed by atoms with van der Waals surface area (Å²) >= 11 is 0. The zero-order valence-corrected chi connectivity index (χ0v) is 10.6. The zero-order chi connectivity index (χ0) is 12.6. The lowest BCUT2D eigenvalue weighted by Crippen LogP contribution is -2.55. The molecule has 1 unspecified atom stereocenters. The molecule has 2 saturated carbocycles. The summed E-state index contributed by atoms with van der Waals surface area (Å²) in [5.41, 5.74) is 6.14. The smallest absolute Gasteiger partial charge is 0.242 e. The van der Waals surface area contributed by atoms with E-state index in [9.17, 15) is 4.79 Å². The minimum atomic E-state index is -0.635. The zero-order valence-electron chi connectivity index (χ0n) is 10.6. The van der Waals surface area contributed by atoms with Crippen molar-refractivity contribution < 1.29 is 4.79 Å². The molecule has 3 N–H and O–H groups in total. The maximum Gasteiger partial charge on any atom is 0.242 e. The summed E-state index contributed by atoms with van der Waals surface area (Å²) in [7, 11) is 0. The van der Waals surface area contributed by atoms with Crippen LogP contribution in [0.15, 0.2) is 30.3 Å². The quantitative estimate of drug-likeness (QED) is 0.801. The van der Waals surface area contributed by atoms with Crippen LogP contribution in [0.4, 0.5) is 0 Å². The van der Waals surface area contributed by atoms with E-state index < -0.39 is 5.54 Å². The van der Waals surface area contributed by atoms with Crippen LogP contribution in [0, 0.1) is 11.8 Å². The van der Waals surface area contributed by atoms with Gasteiger partial charge in [-0.05, 0) is 49.6 Å². The highest BCUT2D eigenvalue weighted by molar-refractivity contribution is 5.87. The first kappa shape index (κ1) is 11.7. The summed E-state index contributed by atoms with van der Waals surface area (Å²) in [5.74, 6) is 0.888. The van der Waals surface area contributed by atoms with E-state index in [4.69, 9.17) is 5.73 Å². The second-order valence-electron chi connectivity index (χ2n) is 5.64. The summed E-state index contributed by atoms with van der Waals surface area (Å²) in [6.45, 7) is 0.911. The third-order valence-corrected chi connectivity index (χ3v) is 4.17. The Labute approximate surface area is 108 Å². The fraction of sp³-hybridized carbons (Fsp3) is 0.533. The maximum atomic E-state index is 12.1. The molecule has 18 heavy (non-hydrogen) atoms. The van der Waals surface area contributed by atoms with Crippen molar-refractivity contribution in [3.63, 3.8) is 0 Å². The van der Waals surface area contributed by atoms with Crippen LogP contribution in [-0.4, -0.2) is 12.5 Å². The Morgan fingerprint density at radius 2 is 1.89 bits per heavy atom. The molecular formula is C15H20N2O. The van der Waals surface area contributed by atoms with Crippen LogP contribution in [0.1, 0.15) is 31.2 Å². The lowest BCUT2D eigenvalue weighted by molar-refractivity contribution is -0.125. The number of nitrogens with one attached hydrogen (secondary N) is 1. The Hall–Kier alpha value is -1.35. The molecule has 1 atom stereocenters. The summed E-state index contributed by atoms with van der Waals surface area (Å²) in [6.07, 6.45) is 4.74. The Kier molecular flexibility index (Phi) is 2.86. The lowest BCUT2D eigenvalue weighted by atomic mass is 9.84. The summed E-state index contributed by atoms with van der Waals surface area (Å²) in [5, 5.41) is 3.50. The molecule has 96 valence electrons. The van der Waals surface area contributed by atoms with Gasteiger partial charge in [0.25, 0.3) is 0 Å². The standard InChI is InChI=1S/C15H20N2O/c16-14(18)15(13-8-9-13,17-10-11-6-7-11)12-4-2-1-3-5-12/h1-5,11,13,17H,6-10H2,(H2,16,18). The molecule has 3 heteroatoms. The lowest BCUT2D eigenvalue weighted by Gasteiger charge is -2.33. The molecule has 0 aliphatic heterocycles. The number of hydrogen-bond donors (Lipinski definition) is 2. The molecule has 2 fully saturated rings. The second kappa shape index (κ2) is 4.39. The van der Waals surface area contributed by atoms with Crippen LogP contribution in [-0.2, 0) is 10.3 Å². The number of primary amides is 1. The van der Waals surface area contributed by atoms with Crippen molar-refractivity contribution in [3.05, 3.63) is 35.9 Å². The van der Waals surface area contributed by atoms with Crippen molar-refractivity contribution in [2.24, 2.45) is 17.6 Å². The molecule has 1 aromatic rings. The van der Waals surface area contributed by atoms with E-state index in [0.717, 1.165) is 30.9 Å². The third kappa shape index (κ3) is 2.03. The molecule has 2 aliphatic rings. The van der Waals surface area contributed by atoms with Gasteiger partial charge in [-0.1, -0.05) is 30.3 Å². The van der Waals surface area contributed by atoms with Crippen LogP contribution >= 0.6 is 0 Å². The highest BCUT2D eigenvalue weighted by Crippen LogP contribution is 2.46. The van der Waals surface area contributed by atoms with Gasteiger partial charge >= 0.3 is 0 Å². The highest BCUT2D eigenvalue weighted by Gasteiger charge is 2.51. The molecular weight excluding hydrogens is 224 g/mol. The maximum absolute atomic E-state index is 12.1. The number of carbonyl (C=O) groups excluding carboxylic acids is 1. The number of benzene rings is 1. The van der Waals surface area contributed by atoms with E-state index in [0.29, 0.717) is 5.92 Å². The van der Waals surface area contributed by atoms with Crippen LogP contribution in [0.2, 0.25) is 0 Å². The number of nitrogens with two attached hydrogens (primary N) is 1. The van der Waals surface area contributed by atoms with Gasteiger partial charge in [0.1, 0.15) is 5.54 Å². The summed E-state index contributed by atoms with van der Waals surface area (Å²) in [6, 6.07) is 9.97.